The van der Waals surface area contributed by atoms with Gasteiger partial charge in [-0.05, 0) is 24.6 Å². The number of benzene rings is 1. The van der Waals surface area contributed by atoms with Gasteiger partial charge >= 0.3 is 0 Å². The first-order chi connectivity index (χ1) is 7.33. The molecule has 0 bridgehead atoms. The van der Waals surface area contributed by atoms with Crippen LogP contribution >= 0.6 is 11.8 Å². The fraction of sp³-hybridized carbons (Fsp3) is 0.417. The van der Waals surface area contributed by atoms with Gasteiger partial charge in [0, 0.05) is 4.90 Å². The number of aliphatic imine (C=N–C) groups is 1. The largest absolute Gasteiger partial charge is 0.494 e. The van der Waals surface area contributed by atoms with E-state index < -0.39 is 0 Å². The fourth-order valence-corrected chi connectivity index (χ4v) is 1.88. The van der Waals surface area contributed by atoms with E-state index in [0.29, 0.717) is 0 Å². The summed E-state index contributed by atoms with van der Waals surface area (Å²) in [5.74, 6) is 1.81. The molecule has 0 radical (unpaired) electrons. The van der Waals surface area contributed by atoms with Gasteiger partial charge in [-0.15, -0.1) is 11.8 Å². The van der Waals surface area contributed by atoms with E-state index in [4.69, 9.17) is 4.74 Å². The average molecular weight is 225 g/mol. The minimum Gasteiger partial charge on any atom is -0.494 e. The highest BCUT2D eigenvalue weighted by molar-refractivity contribution is 7.99. The van der Waals surface area contributed by atoms with Crippen molar-refractivity contribution in [3.8, 4) is 5.75 Å². The van der Waals surface area contributed by atoms with Gasteiger partial charge in [-0.3, -0.25) is 4.99 Å². The van der Waals surface area contributed by atoms with Crippen LogP contribution in [0.2, 0.25) is 0 Å². The number of hydrogen-bond acceptors (Lipinski definition) is 3. The predicted molar refractivity (Wildman–Crippen MR) is 69.9 cm³/mol. The van der Waals surface area contributed by atoms with Crippen molar-refractivity contribution in [1.82, 2.24) is 0 Å². The van der Waals surface area contributed by atoms with E-state index in [9.17, 15) is 0 Å². The number of rotatable bonds is 4. The molecule has 0 unspecified atom stereocenters. The third-order valence-corrected chi connectivity index (χ3v) is 2.57. The minimum absolute atomic E-state index is 0.786. The van der Waals surface area contributed by atoms with Gasteiger partial charge in [-0.2, -0.15) is 0 Å². The Bertz CT molecular complexity index is 300. The third kappa shape index (κ3) is 3.96. The molecule has 0 aliphatic carbocycles. The molecule has 0 aliphatic heterocycles. The molecule has 3 heteroatoms. The molecule has 0 N–H and O–H groups in total. The highest BCUT2D eigenvalue weighted by Crippen LogP contribution is 2.36. The molecular weight excluding hydrogens is 206 g/mol. The number of nitrogens with zero attached hydrogens (tertiary/aromatic N) is 1. The zero-order valence-electron chi connectivity index (χ0n) is 9.91. The van der Waals surface area contributed by atoms with E-state index in [1.807, 2.05) is 32.0 Å². The summed E-state index contributed by atoms with van der Waals surface area (Å²) in [4.78, 5) is 5.09. The van der Waals surface area contributed by atoms with Crippen LogP contribution in [0.5, 0.6) is 5.75 Å². The molecular formula is C12H19NOS. The second kappa shape index (κ2) is 8.36. The van der Waals surface area contributed by atoms with Gasteiger partial charge < -0.3 is 4.74 Å². The Balaban J connectivity index is 0.000000921. The van der Waals surface area contributed by atoms with Gasteiger partial charge in [0.2, 0.25) is 0 Å². The average Bonchev–Trinajstić information content (AvgIpc) is 2.31. The monoisotopic (exact) mass is 225 g/mol. The molecule has 2 nitrogen and oxygen atoms in total. The Morgan fingerprint density at radius 3 is 2.53 bits per heavy atom. The molecule has 1 aromatic carbocycles. The summed E-state index contributed by atoms with van der Waals surface area (Å²) >= 11 is 1.74. The molecule has 0 heterocycles. The van der Waals surface area contributed by atoms with Crippen LogP contribution in [-0.4, -0.2) is 19.6 Å². The Kier molecular flexibility index (Phi) is 7.82. The molecule has 0 aliphatic rings. The van der Waals surface area contributed by atoms with E-state index >= 15 is 0 Å². The summed E-state index contributed by atoms with van der Waals surface area (Å²) in [7, 11) is 1.64. The Labute approximate surface area is 96.8 Å². The lowest BCUT2D eigenvalue weighted by Gasteiger charge is -2.07. The second-order valence-electron chi connectivity index (χ2n) is 2.40. The van der Waals surface area contributed by atoms with Crippen molar-refractivity contribution in [2.45, 2.75) is 25.7 Å². The molecule has 0 amide bonds. The lowest BCUT2D eigenvalue weighted by atomic mass is 10.3. The van der Waals surface area contributed by atoms with Gasteiger partial charge in [0.25, 0.3) is 0 Å². The molecule has 1 aromatic rings. The predicted octanol–water partition coefficient (Wildman–Crippen LogP) is 4.17. The van der Waals surface area contributed by atoms with Crippen molar-refractivity contribution < 1.29 is 4.74 Å². The third-order valence-electron chi connectivity index (χ3n) is 1.64. The molecule has 0 fully saturated rings. The molecule has 0 spiro atoms. The van der Waals surface area contributed by atoms with Gasteiger partial charge in [0.1, 0.15) is 11.4 Å². The Hall–Kier alpha value is -0.960. The van der Waals surface area contributed by atoms with Crippen LogP contribution in [0.25, 0.3) is 0 Å². The number of methoxy groups -OCH3 is 1. The van der Waals surface area contributed by atoms with Crippen LogP contribution in [0.3, 0.4) is 0 Å². The second-order valence-corrected chi connectivity index (χ2v) is 3.70. The summed E-state index contributed by atoms with van der Waals surface area (Å²) in [5.41, 5.74) is 0.844. The summed E-state index contributed by atoms with van der Waals surface area (Å²) in [5, 5.41) is 0. The Morgan fingerprint density at radius 2 is 2.07 bits per heavy atom. The van der Waals surface area contributed by atoms with Crippen molar-refractivity contribution >= 4 is 24.2 Å². The van der Waals surface area contributed by atoms with Gasteiger partial charge in [0.05, 0.1) is 7.11 Å². The van der Waals surface area contributed by atoms with Crippen LogP contribution in [-0.2, 0) is 0 Å². The molecule has 0 saturated heterocycles. The first-order valence-electron chi connectivity index (χ1n) is 5.10. The number of ether oxygens (including phenoxy) is 1. The zero-order chi connectivity index (χ0) is 11.7. The topological polar surface area (TPSA) is 21.6 Å². The summed E-state index contributed by atoms with van der Waals surface area (Å²) in [6.45, 7) is 9.65. The van der Waals surface area contributed by atoms with Gasteiger partial charge in [0.15, 0.2) is 0 Å². The molecule has 0 atom stereocenters. The number of hydrogen-bond donors (Lipinski definition) is 0. The van der Waals surface area contributed by atoms with Crippen molar-refractivity contribution in [3.63, 3.8) is 0 Å². The molecule has 1 rings (SSSR count). The lowest BCUT2D eigenvalue weighted by Crippen LogP contribution is -1.84. The van der Waals surface area contributed by atoms with Crippen molar-refractivity contribution in [1.29, 1.82) is 0 Å². The molecule has 84 valence electrons. The smallest absolute Gasteiger partial charge is 0.145 e. The maximum absolute atomic E-state index is 5.18. The van der Waals surface area contributed by atoms with Crippen LogP contribution in [0.4, 0.5) is 5.69 Å². The first kappa shape index (κ1) is 14.0. The standard InChI is InChI=1S/C10H13NOS.C2H6/c1-4-13-9-7-5-6-8(12-3)10(9)11-2;1-2/h5-7H,2,4H2,1,3H3;1-2H3. The van der Waals surface area contributed by atoms with Crippen LogP contribution < -0.4 is 4.74 Å². The van der Waals surface area contributed by atoms with Crippen LogP contribution in [0.1, 0.15) is 20.8 Å². The zero-order valence-corrected chi connectivity index (χ0v) is 10.7. The molecule has 0 aromatic heterocycles. The maximum atomic E-state index is 5.18. The van der Waals surface area contributed by atoms with Crippen LogP contribution in [0.15, 0.2) is 28.1 Å². The normalized spacial score (nSPS) is 8.80. The Morgan fingerprint density at radius 1 is 1.40 bits per heavy atom. The lowest BCUT2D eigenvalue weighted by molar-refractivity contribution is 0.415. The minimum atomic E-state index is 0.786. The SMILES string of the molecule is C=Nc1c(OC)cccc1SCC.CC. The summed E-state index contributed by atoms with van der Waals surface area (Å²) < 4.78 is 5.18. The van der Waals surface area contributed by atoms with Crippen molar-refractivity contribution in [2.75, 3.05) is 12.9 Å². The first-order valence-corrected chi connectivity index (χ1v) is 6.08. The fourth-order valence-electron chi connectivity index (χ4n) is 1.09. The molecule has 15 heavy (non-hydrogen) atoms. The quantitative estimate of drug-likeness (QED) is 0.566. The van der Waals surface area contributed by atoms with Crippen LogP contribution in [0, 0.1) is 0 Å². The maximum Gasteiger partial charge on any atom is 0.145 e. The summed E-state index contributed by atoms with van der Waals surface area (Å²) in [6.07, 6.45) is 0. The van der Waals surface area contributed by atoms with E-state index in [0.717, 1.165) is 22.1 Å². The van der Waals surface area contributed by atoms with Crippen molar-refractivity contribution in [3.05, 3.63) is 18.2 Å². The highest BCUT2D eigenvalue weighted by atomic mass is 32.2. The van der Waals surface area contributed by atoms with E-state index in [1.165, 1.54) is 0 Å². The highest BCUT2D eigenvalue weighted by Gasteiger charge is 2.05. The van der Waals surface area contributed by atoms with E-state index in [1.54, 1.807) is 18.9 Å². The number of para-hydroxylation sites is 1. The van der Waals surface area contributed by atoms with E-state index in [-0.39, 0.29) is 0 Å². The van der Waals surface area contributed by atoms with E-state index in [2.05, 4.69) is 18.6 Å². The van der Waals surface area contributed by atoms with Gasteiger partial charge in [-0.1, -0.05) is 26.8 Å². The summed E-state index contributed by atoms with van der Waals surface area (Å²) in [6, 6.07) is 5.88. The van der Waals surface area contributed by atoms with Crippen molar-refractivity contribution in [2.24, 2.45) is 4.99 Å². The number of thioether (sulfide) groups is 1. The molecule has 0 saturated carbocycles. The van der Waals surface area contributed by atoms with Gasteiger partial charge in [-0.25, -0.2) is 0 Å².